The van der Waals surface area contributed by atoms with E-state index in [0.717, 1.165) is 38.2 Å². The summed E-state index contributed by atoms with van der Waals surface area (Å²) in [5, 5.41) is 3.47. The molecule has 5 nitrogen and oxygen atoms in total. The van der Waals surface area contributed by atoms with Crippen LogP contribution in [0.3, 0.4) is 0 Å². The lowest BCUT2D eigenvalue weighted by Crippen LogP contribution is -2.47. The van der Waals surface area contributed by atoms with Crippen molar-refractivity contribution in [2.24, 2.45) is 17.6 Å². The minimum atomic E-state index is -0.657. The number of anilines is 1. The Bertz CT molecular complexity index is 1070. The van der Waals surface area contributed by atoms with Gasteiger partial charge in [-0.1, -0.05) is 38.5 Å². The van der Waals surface area contributed by atoms with Gasteiger partial charge in [0, 0.05) is 48.7 Å². The number of amides is 1. The van der Waals surface area contributed by atoms with E-state index in [0.29, 0.717) is 47.3 Å². The number of carbonyl (C=O) groups is 1. The smallest absolute Gasteiger partial charge is 0.255 e. The van der Waals surface area contributed by atoms with E-state index in [-0.39, 0.29) is 11.9 Å². The summed E-state index contributed by atoms with van der Waals surface area (Å²) < 4.78 is 28.4. The third-order valence-corrected chi connectivity index (χ3v) is 8.77. The first-order chi connectivity index (χ1) is 17.8. The van der Waals surface area contributed by atoms with Crippen LogP contribution in [-0.2, 0) is 0 Å². The first-order valence-corrected chi connectivity index (χ1v) is 14.1. The number of hydrogen-bond acceptors (Lipinski definition) is 4. The molecule has 0 unspecified atom stereocenters. The molecule has 5 rings (SSSR count). The molecule has 2 aromatic rings. The molecule has 1 saturated heterocycles. The molecule has 0 radical (unpaired) electrons. The molecule has 2 heterocycles. The summed E-state index contributed by atoms with van der Waals surface area (Å²) >= 11 is 0. The molecule has 3 fully saturated rings. The van der Waals surface area contributed by atoms with Gasteiger partial charge < -0.3 is 16.0 Å². The Balaban J connectivity index is 1.52. The fourth-order valence-electron chi connectivity index (χ4n) is 6.89. The van der Waals surface area contributed by atoms with E-state index >= 15 is 0 Å². The van der Waals surface area contributed by atoms with Crippen molar-refractivity contribution in [3.8, 4) is 11.1 Å². The second kappa shape index (κ2) is 11.1. The van der Waals surface area contributed by atoms with Crippen molar-refractivity contribution < 1.29 is 13.6 Å². The number of nitrogens with one attached hydrogen (secondary N) is 1. The fourth-order valence-corrected chi connectivity index (χ4v) is 6.89. The molecular formula is C30H40F2N4O. The van der Waals surface area contributed by atoms with Crippen LogP contribution in [0.25, 0.3) is 11.1 Å². The fraction of sp³-hybridized carbons (Fsp3) is 0.600. The molecule has 3 N–H and O–H groups in total. The molecule has 37 heavy (non-hydrogen) atoms. The van der Waals surface area contributed by atoms with Gasteiger partial charge in [-0.05, 0) is 68.6 Å². The summed E-state index contributed by atoms with van der Waals surface area (Å²) in [4.78, 5) is 20.5. The number of nitrogens with zero attached hydrogens (tertiary/aromatic N) is 2. The molecule has 7 heteroatoms. The third-order valence-electron chi connectivity index (χ3n) is 8.77. The standard InChI is InChI=1S/C30H40F2N4O/c1-30(33)12-13-36(19-30)28-25(22-14-23(31)16-24(32)15-22)17-34-18-26(28)29(37)35-27(20-8-4-2-5-9-20)21-10-6-3-7-11-21/h14-18,20-21,27H,2-13,19,33H2,1H3,(H,35,37)/t30-/m0/s1. The van der Waals surface area contributed by atoms with Crippen molar-refractivity contribution >= 4 is 11.6 Å². The van der Waals surface area contributed by atoms with Crippen LogP contribution in [-0.4, -0.2) is 35.6 Å². The SMILES string of the molecule is C[C@]1(N)CCN(c2c(C(=O)NC(C3CCCCC3)C3CCCCC3)cncc2-c2cc(F)cc(F)c2)C1. The van der Waals surface area contributed by atoms with Gasteiger partial charge in [0.15, 0.2) is 0 Å². The average Bonchev–Trinajstić information content (AvgIpc) is 3.26. The third kappa shape index (κ3) is 5.97. The molecule has 0 bridgehead atoms. The highest BCUT2D eigenvalue weighted by molar-refractivity contribution is 6.03. The molecule has 1 amide bonds. The van der Waals surface area contributed by atoms with Crippen LogP contribution in [0.15, 0.2) is 30.6 Å². The number of halogens is 2. The van der Waals surface area contributed by atoms with Crippen molar-refractivity contribution in [3.05, 3.63) is 47.8 Å². The monoisotopic (exact) mass is 510 g/mol. The molecule has 2 saturated carbocycles. The summed E-state index contributed by atoms with van der Waals surface area (Å²) in [6.07, 6.45) is 16.0. The maximum Gasteiger partial charge on any atom is 0.255 e. The Morgan fingerprint density at radius 2 is 1.59 bits per heavy atom. The van der Waals surface area contributed by atoms with E-state index in [9.17, 15) is 13.6 Å². The number of pyridine rings is 1. The minimum absolute atomic E-state index is 0.145. The van der Waals surface area contributed by atoms with E-state index in [1.54, 1.807) is 12.4 Å². The van der Waals surface area contributed by atoms with Crippen LogP contribution in [0.2, 0.25) is 0 Å². The lowest BCUT2D eigenvalue weighted by molar-refractivity contribution is 0.0861. The van der Waals surface area contributed by atoms with Crippen molar-refractivity contribution in [1.29, 1.82) is 0 Å². The average molecular weight is 511 g/mol. The molecule has 1 atom stereocenters. The van der Waals surface area contributed by atoms with E-state index in [4.69, 9.17) is 5.73 Å². The largest absolute Gasteiger partial charge is 0.368 e. The van der Waals surface area contributed by atoms with Crippen LogP contribution in [0, 0.1) is 23.5 Å². The first kappa shape index (κ1) is 26.1. The maximum atomic E-state index is 14.2. The lowest BCUT2D eigenvalue weighted by Gasteiger charge is -2.38. The minimum Gasteiger partial charge on any atom is -0.368 e. The van der Waals surface area contributed by atoms with Gasteiger partial charge in [-0.25, -0.2) is 8.78 Å². The summed E-state index contributed by atoms with van der Waals surface area (Å²) in [7, 11) is 0. The molecule has 0 spiro atoms. The quantitative estimate of drug-likeness (QED) is 0.484. The molecule has 3 aliphatic rings. The van der Waals surface area contributed by atoms with Crippen molar-refractivity contribution in [2.75, 3.05) is 18.0 Å². The number of hydrogen-bond donors (Lipinski definition) is 2. The number of benzene rings is 1. The summed E-state index contributed by atoms with van der Waals surface area (Å²) in [5.74, 6) is -0.465. The normalized spacial score (nSPS) is 23.5. The van der Waals surface area contributed by atoms with Crippen LogP contribution < -0.4 is 16.0 Å². The lowest BCUT2D eigenvalue weighted by atomic mass is 9.73. The van der Waals surface area contributed by atoms with Crippen molar-refractivity contribution in [3.63, 3.8) is 0 Å². The highest BCUT2D eigenvalue weighted by atomic mass is 19.1. The van der Waals surface area contributed by atoms with Crippen molar-refractivity contribution in [2.45, 2.75) is 89.1 Å². The van der Waals surface area contributed by atoms with Crippen molar-refractivity contribution in [1.82, 2.24) is 10.3 Å². The second-order valence-corrected chi connectivity index (χ2v) is 11.9. The Morgan fingerprint density at radius 1 is 1.00 bits per heavy atom. The summed E-state index contributed by atoms with van der Waals surface area (Å²) in [6, 6.07) is 3.61. The van der Waals surface area contributed by atoms with Gasteiger partial charge in [-0.2, -0.15) is 0 Å². The van der Waals surface area contributed by atoms with Gasteiger partial charge in [0.1, 0.15) is 11.6 Å². The summed E-state index contributed by atoms with van der Waals surface area (Å²) in [6.45, 7) is 3.21. The second-order valence-electron chi connectivity index (χ2n) is 11.9. The van der Waals surface area contributed by atoms with Crippen LogP contribution in [0.5, 0.6) is 0 Å². The zero-order valence-electron chi connectivity index (χ0n) is 21.9. The molecule has 1 aromatic carbocycles. The van der Waals surface area contributed by atoms with Gasteiger partial charge in [0.05, 0.1) is 11.3 Å². The predicted octanol–water partition coefficient (Wildman–Crippen LogP) is 6.21. The van der Waals surface area contributed by atoms with Gasteiger partial charge in [0.25, 0.3) is 5.91 Å². The molecule has 200 valence electrons. The van der Waals surface area contributed by atoms with Crippen LogP contribution in [0.1, 0.15) is 87.9 Å². The van der Waals surface area contributed by atoms with E-state index in [1.165, 1.54) is 50.7 Å². The van der Waals surface area contributed by atoms with Crippen LogP contribution >= 0.6 is 0 Å². The van der Waals surface area contributed by atoms with Gasteiger partial charge in [-0.3, -0.25) is 9.78 Å². The zero-order valence-corrected chi connectivity index (χ0v) is 21.9. The van der Waals surface area contributed by atoms with Gasteiger partial charge in [-0.15, -0.1) is 0 Å². The highest BCUT2D eigenvalue weighted by Gasteiger charge is 2.36. The number of aromatic nitrogens is 1. The number of carbonyl (C=O) groups excluding carboxylic acids is 1. The Morgan fingerprint density at radius 3 is 2.14 bits per heavy atom. The maximum absolute atomic E-state index is 14.2. The number of rotatable bonds is 6. The molecule has 1 aliphatic heterocycles. The van der Waals surface area contributed by atoms with Gasteiger partial charge >= 0.3 is 0 Å². The Labute approximate surface area is 219 Å². The van der Waals surface area contributed by atoms with Crippen LogP contribution in [0.4, 0.5) is 14.5 Å². The summed E-state index contributed by atoms with van der Waals surface area (Å²) in [5.41, 5.74) is 8.10. The zero-order chi connectivity index (χ0) is 26.0. The van der Waals surface area contributed by atoms with E-state index < -0.39 is 17.2 Å². The molecule has 1 aromatic heterocycles. The van der Waals surface area contributed by atoms with Gasteiger partial charge in [0.2, 0.25) is 0 Å². The Kier molecular flexibility index (Phi) is 7.80. The van der Waals surface area contributed by atoms with E-state index in [2.05, 4.69) is 15.2 Å². The Hall–Kier alpha value is -2.54. The molecule has 2 aliphatic carbocycles. The first-order valence-electron chi connectivity index (χ1n) is 14.1. The highest BCUT2D eigenvalue weighted by Crippen LogP contribution is 2.39. The molecular weight excluding hydrogens is 470 g/mol. The predicted molar refractivity (Wildman–Crippen MR) is 143 cm³/mol. The van der Waals surface area contributed by atoms with E-state index in [1.807, 2.05) is 6.92 Å². The topological polar surface area (TPSA) is 71.2 Å². The number of nitrogens with two attached hydrogens (primary N) is 1.